The summed E-state index contributed by atoms with van der Waals surface area (Å²) < 4.78 is 8.89. The molecule has 144 valence electrons. The largest absolute Gasteiger partial charge is 0.449 e. The number of pyridine rings is 1. The van der Waals surface area contributed by atoms with Crippen molar-refractivity contribution < 1.29 is 9.30 Å². The van der Waals surface area contributed by atoms with Gasteiger partial charge in [0, 0.05) is 17.0 Å². The molecule has 28 heavy (non-hydrogen) atoms. The zero-order valence-electron chi connectivity index (χ0n) is 17.7. The Bertz CT molecular complexity index is 1100. The van der Waals surface area contributed by atoms with Crippen LogP contribution in [0.15, 0.2) is 36.5 Å². The Hall–Kier alpha value is -2.35. The summed E-state index contributed by atoms with van der Waals surface area (Å²) in [6, 6.07) is 11.0. The quantitative estimate of drug-likeness (QED) is 0.337. The number of benzene rings is 2. The monoisotopic (exact) mass is 372 g/mol. The summed E-state index contributed by atoms with van der Waals surface area (Å²) in [5.74, 6) is 2.68. The molecule has 2 heteroatoms. The van der Waals surface area contributed by atoms with Gasteiger partial charge in [0.1, 0.15) is 12.8 Å². The van der Waals surface area contributed by atoms with E-state index in [0.29, 0.717) is 11.3 Å². The number of fused-ring (bicyclic) bond motifs is 2. The lowest BCUT2D eigenvalue weighted by atomic mass is 9.71. The van der Waals surface area contributed by atoms with Crippen LogP contribution in [0.2, 0.25) is 0 Å². The van der Waals surface area contributed by atoms with Crippen LogP contribution < -0.4 is 9.30 Å². The van der Waals surface area contributed by atoms with Gasteiger partial charge < -0.3 is 4.74 Å². The standard InChI is InChI=1S/C26H30NO/c1-16-15-19-7-6-8-21-23(19)22(17(16)2)24-25(28-21)20(11-14-27(24)5)18-9-12-26(3,4)13-10-18/h6-8,11,14-15,18H,9-10,12-13H2,1-5H3/q+1. The van der Waals surface area contributed by atoms with Gasteiger partial charge in [0.25, 0.3) is 5.69 Å². The first-order chi connectivity index (χ1) is 13.4. The molecule has 1 fully saturated rings. The van der Waals surface area contributed by atoms with Crippen LogP contribution in [-0.2, 0) is 7.05 Å². The van der Waals surface area contributed by atoms with E-state index in [1.54, 1.807) is 0 Å². The normalized spacial score (nSPS) is 18.0. The van der Waals surface area contributed by atoms with E-state index in [-0.39, 0.29) is 0 Å². The van der Waals surface area contributed by atoms with Gasteiger partial charge in [-0.05, 0) is 73.4 Å². The van der Waals surface area contributed by atoms with Crippen molar-refractivity contribution in [1.82, 2.24) is 0 Å². The summed E-state index contributed by atoms with van der Waals surface area (Å²) in [5.41, 5.74) is 7.18. The van der Waals surface area contributed by atoms with Crippen LogP contribution in [0.25, 0.3) is 22.0 Å². The van der Waals surface area contributed by atoms with Gasteiger partial charge in [0.2, 0.25) is 5.75 Å². The Balaban J connectivity index is 1.75. The van der Waals surface area contributed by atoms with Crippen molar-refractivity contribution in [2.45, 2.75) is 59.3 Å². The fourth-order valence-electron chi connectivity index (χ4n) is 5.22. The topological polar surface area (TPSA) is 13.1 Å². The summed E-state index contributed by atoms with van der Waals surface area (Å²) in [5, 5.41) is 2.53. The molecule has 0 saturated heterocycles. The van der Waals surface area contributed by atoms with Crippen LogP contribution in [0.1, 0.15) is 62.1 Å². The van der Waals surface area contributed by atoms with Gasteiger partial charge >= 0.3 is 0 Å². The third-order valence-corrected chi connectivity index (χ3v) is 7.18. The van der Waals surface area contributed by atoms with Crippen LogP contribution in [-0.4, -0.2) is 0 Å². The van der Waals surface area contributed by atoms with Crippen molar-refractivity contribution >= 4 is 10.8 Å². The maximum atomic E-state index is 6.64. The van der Waals surface area contributed by atoms with Crippen LogP contribution >= 0.6 is 0 Å². The van der Waals surface area contributed by atoms with E-state index in [0.717, 1.165) is 11.5 Å². The summed E-state index contributed by atoms with van der Waals surface area (Å²) in [7, 11) is 2.15. The van der Waals surface area contributed by atoms with Gasteiger partial charge in [-0.1, -0.05) is 32.0 Å². The molecule has 1 aromatic heterocycles. The molecule has 0 spiro atoms. The maximum absolute atomic E-state index is 6.64. The van der Waals surface area contributed by atoms with Crippen LogP contribution in [0.4, 0.5) is 0 Å². The van der Waals surface area contributed by atoms with E-state index in [1.165, 1.54) is 64.4 Å². The lowest BCUT2D eigenvalue weighted by molar-refractivity contribution is -0.660. The first kappa shape index (κ1) is 17.7. The predicted octanol–water partition coefficient (Wildman–Crippen LogP) is 6.74. The molecule has 2 aromatic carbocycles. The van der Waals surface area contributed by atoms with Crippen LogP contribution in [0.5, 0.6) is 11.5 Å². The van der Waals surface area contributed by atoms with E-state index in [9.17, 15) is 0 Å². The molecule has 0 N–H and O–H groups in total. The molecule has 1 saturated carbocycles. The second-order valence-corrected chi connectivity index (χ2v) is 9.65. The molecule has 0 radical (unpaired) electrons. The number of hydrogen-bond acceptors (Lipinski definition) is 1. The Labute approximate surface area is 168 Å². The average molecular weight is 373 g/mol. The minimum atomic E-state index is 0.475. The highest BCUT2D eigenvalue weighted by Crippen LogP contribution is 2.52. The molecule has 1 aliphatic heterocycles. The van der Waals surface area contributed by atoms with Gasteiger partial charge in [-0.3, -0.25) is 0 Å². The molecule has 3 aromatic rings. The van der Waals surface area contributed by atoms with Gasteiger partial charge in [-0.15, -0.1) is 0 Å². The number of ether oxygens (including phenoxy) is 1. The summed E-state index contributed by atoms with van der Waals surface area (Å²) in [6.45, 7) is 9.29. The fraction of sp³-hybridized carbons (Fsp3) is 0.423. The maximum Gasteiger partial charge on any atom is 0.256 e. The zero-order chi connectivity index (χ0) is 19.6. The van der Waals surface area contributed by atoms with E-state index in [1.807, 2.05) is 0 Å². The molecule has 2 aliphatic rings. The highest BCUT2D eigenvalue weighted by Gasteiger charge is 2.36. The highest BCUT2D eigenvalue weighted by atomic mass is 16.5. The molecule has 5 rings (SSSR count). The van der Waals surface area contributed by atoms with E-state index >= 15 is 0 Å². The van der Waals surface area contributed by atoms with Crippen molar-refractivity contribution in [2.75, 3.05) is 0 Å². The van der Waals surface area contributed by atoms with Crippen molar-refractivity contribution in [3.63, 3.8) is 0 Å². The molecule has 2 heterocycles. The molecule has 0 unspecified atom stereocenters. The molecule has 0 amide bonds. The van der Waals surface area contributed by atoms with Crippen molar-refractivity contribution in [1.29, 1.82) is 0 Å². The third kappa shape index (κ3) is 2.57. The molecule has 1 aliphatic carbocycles. The summed E-state index contributed by atoms with van der Waals surface area (Å²) in [4.78, 5) is 0. The second-order valence-electron chi connectivity index (χ2n) is 9.65. The van der Waals surface area contributed by atoms with Gasteiger partial charge in [0.15, 0.2) is 6.20 Å². The second kappa shape index (κ2) is 6.07. The highest BCUT2D eigenvalue weighted by molar-refractivity contribution is 6.04. The van der Waals surface area contributed by atoms with Gasteiger partial charge in [-0.25, -0.2) is 0 Å². The first-order valence-corrected chi connectivity index (χ1v) is 10.6. The van der Waals surface area contributed by atoms with E-state index in [4.69, 9.17) is 4.74 Å². The Morgan fingerprint density at radius 2 is 1.82 bits per heavy atom. The molecule has 2 nitrogen and oxygen atoms in total. The summed E-state index contributed by atoms with van der Waals surface area (Å²) in [6.07, 6.45) is 7.31. The molecule has 0 bridgehead atoms. The predicted molar refractivity (Wildman–Crippen MR) is 115 cm³/mol. The number of aromatic nitrogens is 1. The SMILES string of the molecule is Cc1cc2cccc3c2c(c1C)-c1c(c(C2CCC(C)(C)CC2)cc[n+]1C)O3. The first-order valence-electron chi connectivity index (χ1n) is 10.6. The Kier molecular flexibility index (Phi) is 3.84. The smallest absolute Gasteiger partial charge is 0.256 e. The fourth-order valence-corrected chi connectivity index (χ4v) is 5.22. The van der Waals surface area contributed by atoms with Gasteiger partial charge in [0.05, 0.1) is 5.56 Å². The Morgan fingerprint density at radius 3 is 2.57 bits per heavy atom. The molecular formula is C26H30NO+. The third-order valence-electron chi connectivity index (χ3n) is 7.18. The van der Waals surface area contributed by atoms with Crippen LogP contribution in [0, 0.1) is 19.3 Å². The van der Waals surface area contributed by atoms with Crippen molar-refractivity contribution in [3.8, 4) is 22.8 Å². The zero-order valence-corrected chi connectivity index (χ0v) is 17.7. The van der Waals surface area contributed by atoms with Crippen molar-refractivity contribution in [3.05, 3.63) is 53.2 Å². The van der Waals surface area contributed by atoms with Crippen LogP contribution in [0.3, 0.4) is 0 Å². The minimum Gasteiger partial charge on any atom is -0.449 e. The van der Waals surface area contributed by atoms with E-state index < -0.39 is 0 Å². The van der Waals surface area contributed by atoms with Gasteiger partial charge in [-0.2, -0.15) is 4.57 Å². The lowest BCUT2D eigenvalue weighted by Gasteiger charge is -2.35. The Morgan fingerprint density at radius 1 is 1.07 bits per heavy atom. The number of nitrogens with zero attached hydrogens (tertiary/aromatic N) is 1. The van der Waals surface area contributed by atoms with Crippen molar-refractivity contribution in [2.24, 2.45) is 12.5 Å². The van der Waals surface area contributed by atoms with E-state index in [2.05, 4.69) is 75.8 Å². The number of aryl methyl sites for hydroxylation is 2. The minimum absolute atomic E-state index is 0.475. The lowest BCUT2D eigenvalue weighted by Crippen LogP contribution is -2.33. The average Bonchev–Trinajstić information content (AvgIpc) is 2.66. The summed E-state index contributed by atoms with van der Waals surface area (Å²) >= 11 is 0. The molecule has 0 atom stereocenters. The molecular weight excluding hydrogens is 342 g/mol. The number of hydrogen-bond donors (Lipinski definition) is 0. The number of rotatable bonds is 1.